The van der Waals surface area contributed by atoms with Crippen molar-refractivity contribution in [3.8, 4) is 0 Å². The van der Waals surface area contributed by atoms with Crippen LogP contribution in [0.4, 0.5) is 4.79 Å². The van der Waals surface area contributed by atoms with Gasteiger partial charge in [0.2, 0.25) is 5.91 Å². The van der Waals surface area contributed by atoms with Crippen molar-refractivity contribution < 1.29 is 9.59 Å². The number of fused-ring (bicyclic) bond motifs is 4. The molecule has 2 saturated heterocycles. The van der Waals surface area contributed by atoms with Gasteiger partial charge in [0.25, 0.3) is 0 Å². The van der Waals surface area contributed by atoms with Gasteiger partial charge < -0.3 is 15.1 Å². The fourth-order valence-corrected chi connectivity index (χ4v) is 5.89. The van der Waals surface area contributed by atoms with E-state index in [-0.39, 0.29) is 29.9 Å². The van der Waals surface area contributed by atoms with Gasteiger partial charge in [0, 0.05) is 25.7 Å². The van der Waals surface area contributed by atoms with Crippen molar-refractivity contribution in [3.05, 3.63) is 70.8 Å². The first kappa shape index (κ1) is 21.0. The smallest absolute Gasteiger partial charge is 0.317 e. The molecule has 3 atom stereocenters. The van der Waals surface area contributed by atoms with Crippen molar-refractivity contribution in [2.75, 3.05) is 19.6 Å². The highest BCUT2D eigenvalue weighted by atomic mass is 16.2. The Hall–Kier alpha value is -2.82. The second-order valence-electron chi connectivity index (χ2n) is 9.40. The summed E-state index contributed by atoms with van der Waals surface area (Å²) in [6, 6.07) is 17.0. The van der Waals surface area contributed by atoms with Crippen LogP contribution in [0.1, 0.15) is 54.5 Å². The zero-order valence-electron chi connectivity index (χ0n) is 18.9. The Kier molecular flexibility index (Phi) is 5.90. The number of amides is 3. The fourth-order valence-electron chi connectivity index (χ4n) is 5.89. The number of nitrogens with one attached hydrogen (secondary N) is 1. The number of carbonyl (C=O) groups is 2. The van der Waals surface area contributed by atoms with Crippen molar-refractivity contribution in [3.63, 3.8) is 0 Å². The van der Waals surface area contributed by atoms with Gasteiger partial charge in [-0.15, -0.1) is 0 Å². The SMILES string of the molecule is CCc1ccc2c(c1)CCN1C(=O)[C@@H]3CCCN(C(=O)NCCc4ccccc4)[C@@H]3C[C@@H]21. The van der Waals surface area contributed by atoms with Crippen molar-refractivity contribution in [2.24, 2.45) is 5.92 Å². The molecule has 0 aliphatic carbocycles. The molecular weight excluding hydrogens is 398 g/mol. The third-order valence-electron chi connectivity index (χ3n) is 7.61. The Morgan fingerprint density at radius 1 is 1.09 bits per heavy atom. The third-order valence-corrected chi connectivity index (χ3v) is 7.61. The van der Waals surface area contributed by atoms with E-state index < -0.39 is 0 Å². The van der Waals surface area contributed by atoms with Gasteiger partial charge in [-0.25, -0.2) is 4.79 Å². The van der Waals surface area contributed by atoms with E-state index in [2.05, 4.69) is 47.5 Å². The molecule has 3 aliphatic rings. The number of hydrogen-bond donors (Lipinski definition) is 1. The topological polar surface area (TPSA) is 52.7 Å². The summed E-state index contributed by atoms with van der Waals surface area (Å²) in [5.74, 6) is 0.189. The van der Waals surface area contributed by atoms with Crippen LogP contribution in [0, 0.1) is 5.92 Å². The minimum atomic E-state index is -0.0589. The predicted octanol–water partition coefficient (Wildman–Crippen LogP) is 4.11. The lowest BCUT2D eigenvalue weighted by Crippen LogP contribution is -2.61. The van der Waals surface area contributed by atoms with E-state index in [9.17, 15) is 9.59 Å². The standard InChI is InChI=1S/C27H33N3O2/c1-2-19-10-11-22-21(17-19)13-16-29-24(22)18-25-23(26(29)31)9-6-15-30(25)27(32)28-14-12-20-7-4-3-5-8-20/h3-5,7-8,10-11,17,23-25H,2,6,9,12-16,18H2,1H3,(H,28,32)/t23-,24+,25-/m1/s1. The van der Waals surface area contributed by atoms with Crippen LogP contribution in [0.5, 0.6) is 0 Å². The summed E-state index contributed by atoms with van der Waals surface area (Å²) in [7, 11) is 0. The molecule has 0 aromatic heterocycles. The first-order valence-electron chi connectivity index (χ1n) is 12.2. The second-order valence-corrected chi connectivity index (χ2v) is 9.40. The number of nitrogens with zero attached hydrogens (tertiary/aromatic N) is 2. The van der Waals surface area contributed by atoms with E-state index in [1.165, 1.54) is 22.3 Å². The minimum Gasteiger partial charge on any atom is -0.338 e. The number of hydrogen-bond acceptors (Lipinski definition) is 2. The lowest BCUT2D eigenvalue weighted by Gasteiger charge is -2.51. The maximum atomic E-state index is 13.5. The second kappa shape index (κ2) is 8.97. The Morgan fingerprint density at radius 3 is 2.75 bits per heavy atom. The van der Waals surface area contributed by atoms with E-state index in [0.29, 0.717) is 6.54 Å². The Balaban J connectivity index is 1.32. The van der Waals surface area contributed by atoms with Gasteiger partial charge in [0.05, 0.1) is 12.0 Å². The highest BCUT2D eigenvalue weighted by molar-refractivity contribution is 5.83. The summed E-state index contributed by atoms with van der Waals surface area (Å²) < 4.78 is 0. The van der Waals surface area contributed by atoms with Crippen LogP contribution in [0.15, 0.2) is 48.5 Å². The van der Waals surface area contributed by atoms with Gasteiger partial charge in [-0.1, -0.05) is 55.5 Å². The Bertz CT molecular complexity index is 990. The third kappa shape index (κ3) is 3.89. The summed E-state index contributed by atoms with van der Waals surface area (Å²) in [4.78, 5) is 30.7. The van der Waals surface area contributed by atoms with Crippen LogP contribution < -0.4 is 5.32 Å². The number of piperidine rings is 2. The maximum absolute atomic E-state index is 13.5. The molecule has 2 aromatic rings. The first-order valence-corrected chi connectivity index (χ1v) is 12.2. The number of aryl methyl sites for hydroxylation is 1. The van der Waals surface area contributed by atoms with Gasteiger partial charge in [-0.2, -0.15) is 0 Å². The number of likely N-dealkylation sites (tertiary alicyclic amines) is 1. The molecule has 5 rings (SSSR count). The van der Waals surface area contributed by atoms with Gasteiger partial charge in [-0.05, 0) is 60.8 Å². The van der Waals surface area contributed by atoms with Crippen molar-refractivity contribution in [1.82, 2.24) is 15.1 Å². The van der Waals surface area contributed by atoms with Gasteiger partial charge >= 0.3 is 6.03 Å². The molecule has 3 aliphatic heterocycles. The highest BCUT2D eigenvalue weighted by Gasteiger charge is 2.48. The summed E-state index contributed by atoms with van der Waals surface area (Å²) in [5.41, 5.74) is 5.24. The van der Waals surface area contributed by atoms with Gasteiger partial charge in [-0.3, -0.25) is 4.79 Å². The first-order chi connectivity index (χ1) is 15.7. The highest BCUT2D eigenvalue weighted by Crippen LogP contribution is 2.43. The van der Waals surface area contributed by atoms with Crippen molar-refractivity contribution in [2.45, 2.75) is 57.5 Å². The monoisotopic (exact) mass is 431 g/mol. The van der Waals surface area contributed by atoms with Crippen LogP contribution in [0.25, 0.3) is 0 Å². The van der Waals surface area contributed by atoms with E-state index in [1.807, 2.05) is 23.1 Å². The molecule has 1 N–H and O–H groups in total. The van der Waals surface area contributed by atoms with Gasteiger partial charge in [0.15, 0.2) is 0 Å². The van der Waals surface area contributed by atoms with Crippen molar-refractivity contribution >= 4 is 11.9 Å². The van der Waals surface area contributed by atoms with Crippen LogP contribution in [0.3, 0.4) is 0 Å². The summed E-state index contributed by atoms with van der Waals surface area (Å²) >= 11 is 0. The molecule has 5 heteroatoms. The lowest BCUT2D eigenvalue weighted by molar-refractivity contribution is -0.148. The summed E-state index contributed by atoms with van der Waals surface area (Å²) in [6.07, 6.45) is 5.42. The molecule has 168 valence electrons. The minimum absolute atomic E-state index is 0.00831. The number of benzene rings is 2. The average molecular weight is 432 g/mol. The van der Waals surface area contributed by atoms with Gasteiger partial charge in [0.1, 0.15) is 0 Å². The number of urea groups is 1. The molecule has 0 radical (unpaired) electrons. The van der Waals surface area contributed by atoms with Crippen LogP contribution in [-0.2, 0) is 24.1 Å². The van der Waals surface area contributed by atoms with Crippen LogP contribution in [0.2, 0.25) is 0 Å². The van der Waals surface area contributed by atoms with E-state index in [0.717, 1.165) is 51.6 Å². The average Bonchev–Trinajstić information content (AvgIpc) is 2.84. The quantitative estimate of drug-likeness (QED) is 0.792. The van der Waals surface area contributed by atoms with E-state index >= 15 is 0 Å². The van der Waals surface area contributed by atoms with Crippen molar-refractivity contribution in [1.29, 1.82) is 0 Å². The molecule has 5 nitrogen and oxygen atoms in total. The number of carbonyl (C=O) groups excluding carboxylic acids is 2. The zero-order chi connectivity index (χ0) is 22.1. The summed E-state index contributed by atoms with van der Waals surface area (Å²) in [6.45, 7) is 4.33. The molecule has 0 spiro atoms. The Labute approximate surface area is 190 Å². The number of rotatable bonds is 4. The maximum Gasteiger partial charge on any atom is 0.317 e. The normalized spacial score (nSPS) is 24.4. The van der Waals surface area contributed by atoms with E-state index in [4.69, 9.17) is 0 Å². The molecule has 3 amide bonds. The fraction of sp³-hybridized carbons (Fsp3) is 0.481. The molecule has 2 aromatic carbocycles. The van der Waals surface area contributed by atoms with E-state index in [1.54, 1.807) is 0 Å². The molecule has 0 saturated carbocycles. The summed E-state index contributed by atoms with van der Waals surface area (Å²) in [5, 5.41) is 3.12. The molecule has 3 heterocycles. The largest absolute Gasteiger partial charge is 0.338 e. The van der Waals surface area contributed by atoms with Crippen LogP contribution >= 0.6 is 0 Å². The molecule has 0 unspecified atom stereocenters. The molecule has 2 fully saturated rings. The zero-order valence-corrected chi connectivity index (χ0v) is 18.9. The van der Waals surface area contributed by atoms with Crippen LogP contribution in [-0.4, -0.2) is 47.4 Å². The molecular formula is C27H33N3O2. The molecule has 32 heavy (non-hydrogen) atoms. The Morgan fingerprint density at radius 2 is 1.94 bits per heavy atom. The predicted molar refractivity (Wildman–Crippen MR) is 125 cm³/mol. The lowest BCUT2D eigenvalue weighted by atomic mass is 9.76. The molecule has 0 bridgehead atoms.